The normalized spacial score (nSPS) is 11.4. The van der Waals surface area contributed by atoms with E-state index in [1.54, 1.807) is 6.07 Å². The summed E-state index contributed by atoms with van der Waals surface area (Å²) in [6, 6.07) is 11.5. The van der Waals surface area contributed by atoms with Crippen molar-refractivity contribution in [1.82, 2.24) is 4.72 Å². The predicted molar refractivity (Wildman–Crippen MR) is 97.0 cm³/mol. The molecule has 0 radical (unpaired) electrons. The molecule has 2 aromatic rings. The number of sulfonamides is 1. The summed E-state index contributed by atoms with van der Waals surface area (Å²) >= 11 is 0. The highest BCUT2D eigenvalue weighted by atomic mass is 32.2. The number of ether oxygens (including phenoxy) is 1. The third-order valence-electron chi connectivity index (χ3n) is 3.33. The van der Waals surface area contributed by atoms with Crippen molar-refractivity contribution in [1.29, 1.82) is 0 Å². The summed E-state index contributed by atoms with van der Waals surface area (Å²) in [6.07, 6.45) is 0. The van der Waals surface area contributed by atoms with Crippen LogP contribution >= 0.6 is 0 Å². The van der Waals surface area contributed by atoms with Crippen molar-refractivity contribution in [2.45, 2.75) is 18.7 Å². The fourth-order valence-corrected chi connectivity index (χ4v) is 3.19. The van der Waals surface area contributed by atoms with Gasteiger partial charge in [0.1, 0.15) is 11.6 Å². The van der Waals surface area contributed by atoms with Crippen LogP contribution in [-0.2, 0) is 14.8 Å². The second kappa shape index (κ2) is 8.77. The number of hydrogen-bond acceptors (Lipinski definition) is 4. The van der Waals surface area contributed by atoms with Gasteiger partial charge < -0.3 is 10.1 Å². The van der Waals surface area contributed by atoms with Gasteiger partial charge in [-0.1, -0.05) is 26.0 Å². The zero-order valence-electron chi connectivity index (χ0n) is 14.5. The number of rotatable bonds is 8. The molecular weight excluding hydrogens is 359 g/mol. The van der Waals surface area contributed by atoms with Crippen LogP contribution in [0.1, 0.15) is 13.8 Å². The lowest BCUT2D eigenvalue weighted by Gasteiger charge is -2.10. The van der Waals surface area contributed by atoms with Crippen molar-refractivity contribution in [3.8, 4) is 5.75 Å². The summed E-state index contributed by atoms with van der Waals surface area (Å²) in [5, 5.41) is 2.40. The molecule has 0 aliphatic carbocycles. The fraction of sp³-hybridized carbons (Fsp3) is 0.278. The van der Waals surface area contributed by atoms with Crippen molar-refractivity contribution < 1.29 is 22.3 Å². The Balaban J connectivity index is 1.91. The van der Waals surface area contributed by atoms with Crippen molar-refractivity contribution in [3.63, 3.8) is 0 Å². The number of amides is 1. The Bertz CT molecular complexity index is 852. The minimum Gasteiger partial charge on any atom is -0.484 e. The molecular formula is C18H21FN2O4S. The van der Waals surface area contributed by atoms with E-state index >= 15 is 0 Å². The first kappa shape index (κ1) is 19.9. The van der Waals surface area contributed by atoms with Crippen molar-refractivity contribution in [3.05, 3.63) is 54.3 Å². The molecule has 0 atom stereocenters. The van der Waals surface area contributed by atoms with Crippen LogP contribution in [0.25, 0.3) is 0 Å². The van der Waals surface area contributed by atoms with Crippen LogP contribution in [0.4, 0.5) is 10.1 Å². The number of benzene rings is 2. The SMILES string of the molecule is CC(C)CNS(=O)(=O)c1ccc(OCC(=O)Nc2ccccc2F)cc1. The fourth-order valence-electron chi connectivity index (χ4n) is 1.97. The quantitative estimate of drug-likeness (QED) is 0.738. The highest BCUT2D eigenvalue weighted by molar-refractivity contribution is 7.89. The highest BCUT2D eigenvalue weighted by Crippen LogP contribution is 2.17. The lowest BCUT2D eigenvalue weighted by atomic mass is 10.2. The Morgan fingerprint density at radius 1 is 1.12 bits per heavy atom. The molecule has 0 heterocycles. The summed E-state index contributed by atoms with van der Waals surface area (Å²) in [4.78, 5) is 11.9. The largest absolute Gasteiger partial charge is 0.484 e. The number of carbonyl (C=O) groups is 1. The molecule has 0 unspecified atom stereocenters. The molecule has 2 N–H and O–H groups in total. The summed E-state index contributed by atoms with van der Waals surface area (Å²) in [7, 11) is -3.58. The lowest BCUT2D eigenvalue weighted by molar-refractivity contribution is -0.118. The third-order valence-corrected chi connectivity index (χ3v) is 4.77. The predicted octanol–water partition coefficient (Wildman–Crippen LogP) is 2.78. The highest BCUT2D eigenvalue weighted by Gasteiger charge is 2.14. The maximum atomic E-state index is 13.5. The topological polar surface area (TPSA) is 84.5 Å². The molecule has 2 aromatic carbocycles. The number of hydrogen-bond donors (Lipinski definition) is 2. The molecule has 0 saturated heterocycles. The van der Waals surface area contributed by atoms with E-state index in [-0.39, 0.29) is 23.1 Å². The minimum absolute atomic E-state index is 0.0683. The molecule has 0 saturated carbocycles. The van der Waals surface area contributed by atoms with Crippen molar-refractivity contribution in [2.24, 2.45) is 5.92 Å². The summed E-state index contributed by atoms with van der Waals surface area (Å²) in [5.41, 5.74) is 0.0683. The van der Waals surface area contributed by atoms with Gasteiger partial charge in [-0.25, -0.2) is 17.5 Å². The van der Waals surface area contributed by atoms with Gasteiger partial charge in [0.2, 0.25) is 10.0 Å². The van der Waals surface area contributed by atoms with Crippen LogP contribution in [0.15, 0.2) is 53.4 Å². The van der Waals surface area contributed by atoms with Crippen LogP contribution in [0.2, 0.25) is 0 Å². The molecule has 8 heteroatoms. The standard InChI is InChI=1S/C18H21FN2O4S/c1-13(2)11-20-26(23,24)15-9-7-14(8-10-15)25-12-18(22)21-17-6-4-3-5-16(17)19/h3-10,13,20H,11-12H2,1-2H3,(H,21,22). The van der Waals surface area contributed by atoms with E-state index in [9.17, 15) is 17.6 Å². The van der Waals surface area contributed by atoms with Crippen LogP contribution in [0.5, 0.6) is 5.75 Å². The molecule has 0 bridgehead atoms. The van der Waals surface area contributed by atoms with Crippen LogP contribution in [-0.4, -0.2) is 27.5 Å². The maximum Gasteiger partial charge on any atom is 0.262 e. The average molecular weight is 380 g/mol. The van der Waals surface area contributed by atoms with Gasteiger partial charge >= 0.3 is 0 Å². The van der Waals surface area contributed by atoms with Gasteiger partial charge in [0.15, 0.2) is 6.61 Å². The smallest absolute Gasteiger partial charge is 0.262 e. The number of halogens is 1. The molecule has 26 heavy (non-hydrogen) atoms. The summed E-state index contributed by atoms with van der Waals surface area (Å²) in [5.74, 6) is -0.536. The van der Waals surface area contributed by atoms with Gasteiger partial charge in [0.25, 0.3) is 5.91 Å². The van der Waals surface area contributed by atoms with E-state index in [1.807, 2.05) is 13.8 Å². The molecule has 2 rings (SSSR count). The summed E-state index contributed by atoms with van der Waals surface area (Å²) in [6.45, 7) is 3.83. The van der Waals surface area contributed by atoms with Gasteiger partial charge in [-0.3, -0.25) is 4.79 Å². The number of carbonyl (C=O) groups excluding carboxylic acids is 1. The molecule has 6 nitrogen and oxygen atoms in total. The second-order valence-electron chi connectivity index (χ2n) is 6.03. The van der Waals surface area contributed by atoms with Gasteiger partial charge in [0.05, 0.1) is 10.6 Å². The Kier molecular flexibility index (Phi) is 6.70. The van der Waals surface area contributed by atoms with Crippen LogP contribution < -0.4 is 14.8 Å². The molecule has 0 aliphatic heterocycles. The molecule has 0 aromatic heterocycles. The maximum absolute atomic E-state index is 13.5. The van der Waals surface area contributed by atoms with Gasteiger partial charge in [-0.15, -0.1) is 0 Å². The number of nitrogens with one attached hydrogen (secondary N) is 2. The van der Waals surface area contributed by atoms with Gasteiger partial charge in [0, 0.05) is 6.54 Å². The second-order valence-corrected chi connectivity index (χ2v) is 7.80. The first-order valence-electron chi connectivity index (χ1n) is 8.05. The zero-order valence-corrected chi connectivity index (χ0v) is 15.3. The molecule has 0 spiro atoms. The van der Waals surface area contributed by atoms with Gasteiger partial charge in [-0.2, -0.15) is 0 Å². The van der Waals surface area contributed by atoms with Crippen molar-refractivity contribution in [2.75, 3.05) is 18.5 Å². The van der Waals surface area contributed by atoms with Crippen LogP contribution in [0, 0.1) is 11.7 Å². The van der Waals surface area contributed by atoms with E-state index in [0.29, 0.717) is 12.3 Å². The van der Waals surface area contributed by atoms with Gasteiger partial charge in [-0.05, 0) is 42.3 Å². The van der Waals surface area contributed by atoms with Crippen molar-refractivity contribution >= 4 is 21.6 Å². The Morgan fingerprint density at radius 3 is 2.38 bits per heavy atom. The van der Waals surface area contributed by atoms with E-state index in [1.165, 1.54) is 42.5 Å². The summed E-state index contributed by atoms with van der Waals surface area (Å²) < 4.78 is 45.5. The monoisotopic (exact) mass is 380 g/mol. The molecule has 1 amide bonds. The third kappa shape index (κ3) is 5.82. The Morgan fingerprint density at radius 2 is 1.77 bits per heavy atom. The van der Waals surface area contributed by atoms with E-state index in [2.05, 4.69) is 10.0 Å². The molecule has 140 valence electrons. The minimum atomic E-state index is -3.58. The first-order valence-corrected chi connectivity index (χ1v) is 9.53. The average Bonchev–Trinajstić information content (AvgIpc) is 2.61. The zero-order chi connectivity index (χ0) is 19.2. The Hall–Kier alpha value is -2.45. The lowest BCUT2D eigenvalue weighted by Crippen LogP contribution is -2.27. The van der Waals surface area contributed by atoms with E-state index in [0.717, 1.165) is 0 Å². The molecule has 0 aliphatic rings. The van der Waals surface area contributed by atoms with E-state index in [4.69, 9.17) is 4.74 Å². The Labute approximate surface area is 152 Å². The number of para-hydroxylation sites is 1. The number of anilines is 1. The van der Waals surface area contributed by atoms with E-state index < -0.39 is 21.7 Å². The van der Waals surface area contributed by atoms with Crippen LogP contribution in [0.3, 0.4) is 0 Å². The molecule has 0 fully saturated rings. The first-order chi connectivity index (χ1) is 12.3.